The van der Waals surface area contributed by atoms with Crippen LogP contribution in [0.1, 0.15) is 11.1 Å². The monoisotopic (exact) mass is 263 g/mol. The Bertz CT molecular complexity index is 486. The van der Waals surface area contributed by atoms with E-state index in [2.05, 4.69) is 5.32 Å². The lowest BCUT2D eigenvalue weighted by Gasteiger charge is -2.16. The highest BCUT2D eigenvalue weighted by atomic mass is 16.5. The summed E-state index contributed by atoms with van der Waals surface area (Å²) in [7, 11) is 0. The van der Waals surface area contributed by atoms with Crippen LogP contribution in [0, 0.1) is 12.8 Å². The normalized spacial score (nSPS) is 22.2. The number of amides is 1. The summed E-state index contributed by atoms with van der Waals surface area (Å²) < 4.78 is 5.11. The first-order chi connectivity index (χ1) is 9.08. The fourth-order valence-corrected chi connectivity index (χ4v) is 2.18. The van der Waals surface area contributed by atoms with Crippen LogP contribution in [0.5, 0.6) is 0 Å². The third kappa shape index (κ3) is 3.32. The average Bonchev–Trinajstić information content (AvgIpc) is 2.80. The molecule has 1 amide bonds. The van der Waals surface area contributed by atoms with Gasteiger partial charge in [-0.1, -0.05) is 24.3 Å². The summed E-state index contributed by atoms with van der Waals surface area (Å²) in [5.41, 5.74) is 2.00. The number of hydrogen-bond acceptors (Lipinski definition) is 3. The van der Waals surface area contributed by atoms with Crippen molar-refractivity contribution in [3.05, 3.63) is 35.4 Å². The first-order valence-corrected chi connectivity index (χ1v) is 6.22. The molecule has 0 spiro atoms. The summed E-state index contributed by atoms with van der Waals surface area (Å²) in [6.07, 6.45) is 0.259. The highest BCUT2D eigenvalue weighted by Gasteiger charge is 2.34. The molecule has 1 fully saturated rings. The van der Waals surface area contributed by atoms with Gasteiger partial charge >= 0.3 is 5.97 Å². The third-order valence-corrected chi connectivity index (χ3v) is 3.36. The Morgan fingerprint density at radius 2 is 2.11 bits per heavy atom. The Labute approximate surface area is 111 Å². The molecule has 2 atom stereocenters. The van der Waals surface area contributed by atoms with E-state index < -0.39 is 17.9 Å². The van der Waals surface area contributed by atoms with Gasteiger partial charge in [0.1, 0.15) is 5.92 Å². The van der Waals surface area contributed by atoms with Gasteiger partial charge in [0.2, 0.25) is 5.91 Å². The average molecular weight is 263 g/mol. The molecule has 1 heterocycles. The molecule has 1 aliphatic heterocycles. The molecular weight excluding hydrogens is 246 g/mol. The van der Waals surface area contributed by atoms with Gasteiger partial charge in [0, 0.05) is 0 Å². The molecule has 102 valence electrons. The minimum absolute atomic E-state index is 0.157. The van der Waals surface area contributed by atoms with E-state index in [-0.39, 0.29) is 25.5 Å². The highest BCUT2D eigenvalue weighted by Crippen LogP contribution is 2.14. The molecule has 2 rings (SSSR count). The fraction of sp³-hybridized carbons (Fsp3) is 0.429. The van der Waals surface area contributed by atoms with Gasteiger partial charge in [-0.15, -0.1) is 0 Å². The summed E-state index contributed by atoms with van der Waals surface area (Å²) in [5.74, 6) is -1.75. The van der Waals surface area contributed by atoms with E-state index in [1.165, 1.54) is 0 Å². The van der Waals surface area contributed by atoms with Crippen molar-refractivity contribution in [2.24, 2.45) is 5.92 Å². The molecule has 5 heteroatoms. The number of carbonyl (C=O) groups is 2. The van der Waals surface area contributed by atoms with E-state index in [1.807, 2.05) is 31.2 Å². The van der Waals surface area contributed by atoms with Crippen LogP contribution in [-0.2, 0) is 20.7 Å². The summed E-state index contributed by atoms with van der Waals surface area (Å²) in [5, 5.41) is 11.7. The molecule has 0 aromatic heterocycles. The van der Waals surface area contributed by atoms with Crippen molar-refractivity contribution in [3.8, 4) is 0 Å². The fourth-order valence-electron chi connectivity index (χ4n) is 2.18. The second-order valence-corrected chi connectivity index (χ2v) is 4.76. The van der Waals surface area contributed by atoms with E-state index in [0.29, 0.717) is 0 Å². The first-order valence-electron chi connectivity index (χ1n) is 6.22. The SMILES string of the molecule is Cc1ccccc1CC(=O)NC1COCC1C(=O)O. The maximum absolute atomic E-state index is 11.9. The van der Waals surface area contributed by atoms with Crippen molar-refractivity contribution in [2.75, 3.05) is 13.2 Å². The Hall–Kier alpha value is -1.88. The maximum atomic E-state index is 11.9. The van der Waals surface area contributed by atoms with E-state index in [9.17, 15) is 9.59 Å². The van der Waals surface area contributed by atoms with E-state index >= 15 is 0 Å². The molecule has 0 bridgehead atoms. The molecule has 0 saturated carbocycles. The molecule has 2 N–H and O–H groups in total. The smallest absolute Gasteiger partial charge is 0.311 e. The number of carboxylic acid groups (broad SMARTS) is 1. The van der Waals surface area contributed by atoms with Crippen molar-refractivity contribution in [1.29, 1.82) is 0 Å². The zero-order chi connectivity index (χ0) is 13.8. The van der Waals surface area contributed by atoms with Crippen LogP contribution < -0.4 is 5.32 Å². The summed E-state index contributed by atoms with van der Waals surface area (Å²) in [6, 6.07) is 7.21. The Morgan fingerprint density at radius 3 is 2.79 bits per heavy atom. The van der Waals surface area contributed by atoms with Gasteiger partial charge in [0.05, 0.1) is 25.7 Å². The van der Waals surface area contributed by atoms with E-state index in [4.69, 9.17) is 9.84 Å². The zero-order valence-electron chi connectivity index (χ0n) is 10.8. The van der Waals surface area contributed by atoms with Crippen LogP contribution in [0.2, 0.25) is 0 Å². The molecule has 0 radical (unpaired) electrons. The Morgan fingerprint density at radius 1 is 1.37 bits per heavy atom. The quantitative estimate of drug-likeness (QED) is 0.840. The lowest BCUT2D eigenvalue weighted by Crippen LogP contribution is -2.43. The van der Waals surface area contributed by atoms with Gasteiger partial charge in [-0.25, -0.2) is 0 Å². The van der Waals surface area contributed by atoms with E-state index in [1.54, 1.807) is 0 Å². The molecule has 2 unspecified atom stereocenters. The predicted octanol–water partition coefficient (Wildman–Crippen LogP) is 0.753. The van der Waals surface area contributed by atoms with Crippen LogP contribution in [-0.4, -0.2) is 36.2 Å². The first kappa shape index (κ1) is 13.5. The summed E-state index contributed by atoms with van der Waals surface area (Å²) in [4.78, 5) is 22.9. The van der Waals surface area contributed by atoms with Gasteiger partial charge in [0.15, 0.2) is 0 Å². The van der Waals surface area contributed by atoms with Gasteiger partial charge in [-0.05, 0) is 18.1 Å². The lowest BCUT2D eigenvalue weighted by molar-refractivity contribution is -0.142. The number of rotatable bonds is 4. The maximum Gasteiger partial charge on any atom is 0.311 e. The largest absolute Gasteiger partial charge is 0.481 e. The number of aryl methyl sites for hydroxylation is 1. The molecular formula is C14H17NO4. The van der Waals surface area contributed by atoms with Gasteiger partial charge in [-0.3, -0.25) is 9.59 Å². The van der Waals surface area contributed by atoms with Crippen LogP contribution in [0.4, 0.5) is 0 Å². The summed E-state index contributed by atoms with van der Waals surface area (Å²) in [6.45, 7) is 2.36. The van der Waals surface area contributed by atoms with Crippen LogP contribution in [0.15, 0.2) is 24.3 Å². The minimum Gasteiger partial charge on any atom is -0.481 e. The molecule has 19 heavy (non-hydrogen) atoms. The summed E-state index contributed by atoms with van der Waals surface area (Å²) >= 11 is 0. The van der Waals surface area contributed by atoms with Crippen LogP contribution in [0.3, 0.4) is 0 Å². The minimum atomic E-state index is -0.932. The van der Waals surface area contributed by atoms with Crippen molar-refractivity contribution in [1.82, 2.24) is 5.32 Å². The predicted molar refractivity (Wildman–Crippen MR) is 68.8 cm³/mol. The molecule has 1 aromatic rings. The van der Waals surface area contributed by atoms with Crippen molar-refractivity contribution in [3.63, 3.8) is 0 Å². The topological polar surface area (TPSA) is 75.6 Å². The molecule has 1 saturated heterocycles. The molecule has 1 aromatic carbocycles. The number of benzene rings is 1. The van der Waals surface area contributed by atoms with Gasteiger partial charge in [-0.2, -0.15) is 0 Å². The van der Waals surface area contributed by atoms with E-state index in [0.717, 1.165) is 11.1 Å². The number of hydrogen-bond donors (Lipinski definition) is 2. The number of aliphatic carboxylic acids is 1. The van der Waals surface area contributed by atoms with Crippen molar-refractivity contribution >= 4 is 11.9 Å². The van der Waals surface area contributed by atoms with Crippen LogP contribution in [0.25, 0.3) is 0 Å². The zero-order valence-corrected chi connectivity index (χ0v) is 10.8. The lowest BCUT2D eigenvalue weighted by atomic mass is 10.0. The van der Waals surface area contributed by atoms with Crippen molar-refractivity contribution < 1.29 is 19.4 Å². The van der Waals surface area contributed by atoms with Crippen LogP contribution >= 0.6 is 0 Å². The number of nitrogens with one attached hydrogen (secondary N) is 1. The van der Waals surface area contributed by atoms with Gasteiger partial charge in [0.25, 0.3) is 0 Å². The van der Waals surface area contributed by atoms with Gasteiger partial charge < -0.3 is 15.2 Å². The van der Waals surface area contributed by atoms with Crippen molar-refractivity contribution in [2.45, 2.75) is 19.4 Å². The second-order valence-electron chi connectivity index (χ2n) is 4.76. The third-order valence-electron chi connectivity index (χ3n) is 3.36. The Kier molecular flexibility index (Phi) is 4.16. The Balaban J connectivity index is 1.95. The molecule has 1 aliphatic rings. The number of carboxylic acids is 1. The number of carbonyl (C=O) groups excluding carboxylic acids is 1. The standard InChI is InChI=1S/C14H17NO4/c1-9-4-2-3-5-10(9)6-13(16)15-12-8-19-7-11(12)14(17)18/h2-5,11-12H,6-8H2,1H3,(H,15,16)(H,17,18). The molecule has 0 aliphatic carbocycles. The number of ether oxygens (including phenoxy) is 1. The highest BCUT2D eigenvalue weighted by molar-refractivity contribution is 5.80. The second kappa shape index (κ2) is 5.84. The molecule has 5 nitrogen and oxygen atoms in total.